The number of thioether (sulfide) groups is 2. The minimum Gasteiger partial charge on any atom is -0.355 e. The van der Waals surface area contributed by atoms with Crippen molar-refractivity contribution in [1.29, 1.82) is 0 Å². The summed E-state index contributed by atoms with van der Waals surface area (Å²) in [7, 11) is 0. The first kappa shape index (κ1) is 18.7. The molecule has 1 atom stereocenters. The zero-order valence-electron chi connectivity index (χ0n) is 14.5. The van der Waals surface area contributed by atoms with Crippen molar-refractivity contribution in [2.75, 3.05) is 6.54 Å². The number of hydrogen-bond acceptors (Lipinski definition) is 6. The average Bonchev–Trinajstić information content (AvgIpc) is 2.96. The summed E-state index contributed by atoms with van der Waals surface area (Å²) in [6, 6.07) is 8.78. The van der Waals surface area contributed by atoms with Crippen molar-refractivity contribution >= 4 is 40.8 Å². The summed E-state index contributed by atoms with van der Waals surface area (Å²) in [5.41, 5.74) is 2.66. The molecule has 1 unspecified atom stereocenters. The molecule has 2 heterocycles. The molecule has 1 aromatic carbocycles. The Hall–Kier alpha value is -1.05. The summed E-state index contributed by atoms with van der Waals surface area (Å²) in [4.78, 5) is 12.0. The third kappa shape index (κ3) is 5.46. The van der Waals surface area contributed by atoms with Gasteiger partial charge in [0.15, 0.2) is 8.68 Å². The fourth-order valence-corrected chi connectivity index (χ4v) is 5.88. The zero-order valence-corrected chi connectivity index (χ0v) is 17.0. The molecule has 0 bridgehead atoms. The number of aromatic nitrogens is 2. The van der Waals surface area contributed by atoms with Crippen LogP contribution in [0.15, 0.2) is 32.9 Å². The monoisotopic (exact) mass is 393 g/mol. The number of benzene rings is 1. The van der Waals surface area contributed by atoms with Gasteiger partial charge in [0.05, 0.1) is 5.25 Å². The van der Waals surface area contributed by atoms with Crippen molar-refractivity contribution < 1.29 is 4.79 Å². The van der Waals surface area contributed by atoms with Crippen LogP contribution in [0.25, 0.3) is 0 Å². The Labute approximate surface area is 161 Å². The molecule has 1 aliphatic heterocycles. The molecule has 1 N–H and O–H groups in total. The van der Waals surface area contributed by atoms with Crippen molar-refractivity contribution in [3.63, 3.8) is 0 Å². The smallest absolute Gasteiger partial charge is 0.233 e. The summed E-state index contributed by atoms with van der Waals surface area (Å²) in [5, 5.41) is 11.5. The molecule has 0 spiro atoms. The Bertz CT molecular complexity index is 700. The van der Waals surface area contributed by atoms with Crippen LogP contribution in [0.3, 0.4) is 0 Å². The Kier molecular flexibility index (Phi) is 6.78. The Morgan fingerprint density at radius 3 is 2.72 bits per heavy atom. The van der Waals surface area contributed by atoms with Gasteiger partial charge in [-0.2, -0.15) is 0 Å². The molecule has 3 rings (SSSR count). The fourth-order valence-electron chi connectivity index (χ4n) is 2.59. The van der Waals surface area contributed by atoms with E-state index in [0.717, 1.165) is 40.2 Å². The van der Waals surface area contributed by atoms with Gasteiger partial charge in [0.2, 0.25) is 5.91 Å². The van der Waals surface area contributed by atoms with E-state index in [0.29, 0.717) is 5.92 Å². The van der Waals surface area contributed by atoms with E-state index in [1.807, 2.05) is 0 Å². The lowest BCUT2D eigenvalue weighted by Crippen LogP contribution is -2.30. The second-order valence-electron chi connectivity index (χ2n) is 6.41. The van der Waals surface area contributed by atoms with Gasteiger partial charge in [0.1, 0.15) is 0 Å². The first-order valence-corrected chi connectivity index (χ1v) is 11.3. The second-order valence-corrected chi connectivity index (χ2v) is 10.1. The maximum atomic E-state index is 12.0. The number of nitrogens with one attached hydrogen (secondary N) is 1. The van der Waals surface area contributed by atoms with Gasteiger partial charge in [-0.1, -0.05) is 79.4 Å². The molecular weight excluding hydrogens is 370 g/mol. The fraction of sp³-hybridized carbons (Fsp3) is 0.500. The Morgan fingerprint density at radius 2 is 1.96 bits per heavy atom. The summed E-state index contributed by atoms with van der Waals surface area (Å²) in [5.74, 6) is 1.59. The van der Waals surface area contributed by atoms with Crippen LogP contribution in [0.1, 0.15) is 50.2 Å². The lowest BCUT2D eigenvalue weighted by Gasteiger charge is -2.09. The highest BCUT2D eigenvalue weighted by molar-refractivity contribution is 8.03. The van der Waals surface area contributed by atoms with Crippen molar-refractivity contribution in [2.45, 2.75) is 58.7 Å². The molecule has 0 radical (unpaired) electrons. The zero-order chi connectivity index (χ0) is 17.6. The van der Waals surface area contributed by atoms with Crippen molar-refractivity contribution in [1.82, 2.24) is 15.5 Å². The van der Waals surface area contributed by atoms with Crippen LogP contribution in [0, 0.1) is 0 Å². The molecule has 2 aromatic rings. The van der Waals surface area contributed by atoms with Gasteiger partial charge in [-0.15, -0.1) is 10.2 Å². The Balaban J connectivity index is 1.53. The minimum atomic E-state index is -0.0307. The molecule has 1 saturated heterocycles. The number of rotatable bonds is 6. The average molecular weight is 394 g/mol. The number of nitrogens with zero attached hydrogens (tertiary/aromatic N) is 2. The van der Waals surface area contributed by atoms with Gasteiger partial charge in [0.25, 0.3) is 0 Å². The highest BCUT2D eigenvalue weighted by atomic mass is 32.2. The molecule has 1 amide bonds. The normalized spacial score (nSPS) is 18.2. The summed E-state index contributed by atoms with van der Waals surface area (Å²) < 4.78 is 1.85. The number of hydrogen-bond donors (Lipinski definition) is 1. The standard InChI is InChI=1S/C18H23N3OS3/c1-12(2)14-8-6-13(7-9-14)11-23-17-20-21-18(25-17)24-15-5-3-4-10-19-16(15)22/h6-9,12,15H,3-5,10-11H2,1-2H3,(H,19,22). The number of carbonyl (C=O) groups is 1. The van der Waals surface area contributed by atoms with Crippen molar-refractivity contribution in [2.24, 2.45) is 0 Å². The van der Waals surface area contributed by atoms with E-state index in [4.69, 9.17) is 0 Å². The molecule has 134 valence electrons. The maximum Gasteiger partial charge on any atom is 0.233 e. The maximum absolute atomic E-state index is 12.0. The van der Waals surface area contributed by atoms with E-state index in [1.165, 1.54) is 11.1 Å². The summed E-state index contributed by atoms with van der Waals surface area (Å²) >= 11 is 4.85. The van der Waals surface area contributed by atoms with E-state index in [9.17, 15) is 4.79 Å². The van der Waals surface area contributed by atoms with E-state index >= 15 is 0 Å². The topological polar surface area (TPSA) is 54.9 Å². The molecule has 4 nitrogen and oxygen atoms in total. The van der Waals surface area contributed by atoms with Gasteiger partial charge >= 0.3 is 0 Å². The lowest BCUT2D eigenvalue weighted by molar-refractivity contribution is -0.120. The first-order chi connectivity index (χ1) is 12.1. The van der Waals surface area contributed by atoms with E-state index in [2.05, 4.69) is 53.6 Å². The van der Waals surface area contributed by atoms with Gasteiger partial charge in [0, 0.05) is 12.3 Å². The van der Waals surface area contributed by atoms with Crippen molar-refractivity contribution in [3.05, 3.63) is 35.4 Å². The number of carbonyl (C=O) groups excluding carboxylic acids is 1. The molecule has 7 heteroatoms. The SMILES string of the molecule is CC(C)c1ccc(CSc2nnc(SC3CCCCNC3=O)s2)cc1. The predicted octanol–water partition coefficient (Wildman–Crippen LogP) is 4.71. The van der Waals surface area contributed by atoms with Gasteiger partial charge in [-0.05, 0) is 29.9 Å². The van der Waals surface area contributed by atoms with Crippen LogP contribution in [-0.2, 0) is 10.5 Å². The van der Waals surface area contributed by atoms with Gasteiger partial charge in [-0.3, -0.25) is 4.79 Å². The second kappa shape index (κ2) is 9.05. The molecule has 1 aliphatic rings. The summed E-state index contributed by atoms with van der Waals surface area (Å²) in [6.45, 7) is 5.21. The molecule has 0 saturated carbocycles. The van der Waals surface area contributed by atoms with Gasteiger partial charge in [-0.25, -0.2) is 0 Å². The highest BCUT2D eigenvalue weighted by Crippen LogP contribution is 2.34. The van der Waals surface area contributed by atoms with Gasteiger partial charge < -0.3 is 5.32 Å². The van der Waals surface area contributed by atoms with Crippen LogP contribution in [0.5, 0.6) is 0 Å². The molecule has 1 fully saturated rings. The predicted molar refractivity (Wildman–Crippen MR) is 107 cm³/mol. The van der Waals surface area contributed by atoms with Crippen LogP contribution in [0.4, 0.5) is 0 Å². The number of amides is 1. The van der Waals surface area contributed by atoms with E-state index < -0.39 is 0 Å². The molecule has 0 aliphatic carbocycles. The minimum absolute atomic E-state index is 0.0307. The lowest BCUT2D eigenvalue weighted by atomic mass is 10.0. The largest absolute Gasteiger partial charge is 0.355 e. The third-order valence-corrected chi connectivity index (χ3v) is 7.60. The van der Waals surface area contributed by atoms with E-state index in [-0.39, 0.29) is 11.2 Å². The summed E-state index contributed by atoms with van der Waals surface area (Å²) in [6.07, 6.45) is 3.07. The molecule has 1 aromatic heterocycles. The first-order valence-electron chi connectivity index (χ1n) is 8.61. The Morgan fingerprint density at radius 1 is 1.20 bits per heavy atom. The quantitative estimate of drug-likeness (QED) is 0.720. The van der Waals surface area contributed by atoms with Crippen LogP contribution in [-0.4, -0.2) is 27.9 Å². The third-order valence-electron chi connectivity index (χ3n) is 4.12. The van der Waals surface area contributed by atoms with Crippen molar-refractivity contribution in [3.8, 4) is 0 Å². The molecule has 25 heavy (non-hydrogen) atoms. The van der Waals surface area contributed by atoms with Crippen LogP contribution in [0.2, 0.25) is 0 Å². The highest BCUT2D eigenvalue weighted by Gasteiger charge is 2.23. The van der Waals surface area contributed by atoms with Crippen LogP contribution >= 0.6 is 34.9 Å². The van der Waals surface area contributed by atoms with E-state index in [1.54, 1.807) is 34.9 Å². The molecular formula is C18H23N3OS3. The van der Waals surface area contributed by atoms with Crippen LogP contribution < -0.4 is 5.32 Å².